The van der Waals surface area contributed by atoms with Crippen LogP contribution in [-0.2, 0) is 9.84 Å². The van der Waals surface area contributed by atoms with E-state index in [9.17, 15) is 8.42 Å². The zero-order chi connectivity index (χ0) is 14.7. The Morgan fingerprint density at radius 1 is 0.857 bits per heavy atom. The first-order valence-electron chi connectivity index (χ1n) is 6.48. The van der Waals surface area contributed by atoms with Crippen LogP contribution in [0.15, 0.2) is 77.3 Å². The minimum Gasteiger partial charge on any atom is -0.244 e. The molecule has 0 amide bonds. The lowest BCUT2D eigenvalue weighted by atomic mass is 10.1. The van der Waals surface area contributed by atoms with Crippen LogP contribution in [-0.4, -0.2) is 13.4 Å². The van der Waals surface area contributed by atoms with Gasteiger partial charge in [-0.15, -0.1) is 0 Å². The summed E-state index contributed by atoms with van der Waals surface area (Å²) >= 11 is 0. The minimum absolute atomic E-state index is 0.0574. The number of pyridine rings is 1. The topological polar surface area (TPSA) is 47.0 Å². The fourth-order valence-corrected chi connectivity index (χ4v) is 3.02. The van der Waals surface area contributed by atoms with Crippen LogP contribution in [0.1, 0.15) is 5.56 Å². The van der Waals surface area contributed by atoms with Gasteiger partial charge in [0, 0.05) is 11.6 Å². The monoisotopic (exact) mass is 295 g/mol. The van der Waals surface area contributed by atoms with E-state index in [2.05, 4.69) is 4.98 Å². The highest BCUT2D eigenvalue weighted by Crippen LogP contribution is 2.17. The quantitative estimate of drug-likeness (QED) is 0.740. The van der Waals surface area contributed by atoms with E-state index < -0.39 is 9.84 Å². The molecule has 0 aliphatic heterocycles. The predicted molar refractivity (Wildman–Crippen MR) is 84.4 cm³/mol. The second kappa shape index (κ2) is 5.50. The first-order chi connectivity index (χ1) is 10.1. The predicted octanol–water partition coefficient (Wildman–Crippen LogP) is 3.68. The normalized spacial score (nSPS) is 12.0. The Hall–Kier alpha value is -2.46. The number of fused-ring (bicyclic) bond motifs is 1. The van der Waals surface area contributed by atoms with Gasteiger partial charge in [0.2, 0.25) is 9.84 Å². The Morgan fingerprint density at radius 3 is 2.38 bits per heavy atom. The van der Waals surface area contributed by atoms with E-state index in [1.165, 1.54) is 17.7 Å². The van der Waals surface area contributed by atoms with Gasteiger partial charge < -0.3 is 0 Å². The molecule has 0 spiro atoms. The highest BCUT2D eigenvalue weighted by atomic mass is 32.2. The van der Waals surface area contributed by atoms with Gasteiger partial charge in [0.1, 0.15) is 0 Å². The second-order valence-corrected chi connectivity index (χ2v) is 6.40. The van der Waals surface area contributed by atoms with Gasteiger partial charge in [0.25, 0.3) is 0 Å². The molecular weight excluding hydrogens is 282 g/mol. The lowest BCUT2D eigenvalue weighted by molar-refractivity contribution is 0.601. The summed E-state index contributed by atoms with van der Waals surface area (Å²) in [6.07, 6.45) is 3.06. The summed E-state index contributed by atoms with van der Waals surface area (Å²) in [6.45, 7) is 0. The second-order valence-electron chi connectivity index (χ2n) is 4.62. The number of hydrogen-bond donors (Lipinski definition) is 0. The molecule has 4 heteroatoms. The Kier molecular flexibility index (Phi) is 3.54. The summed E-state index contributed by atoms with van der Waals surface area (Å²) in [7, 11) is -3.50. The van der Waals surface area contributed by atoms with Crippen molar-refractivity contribution in [1.82, 2.24) is 4.98 Å². The molecular formula is C17H13NO2S. The molecule has 1 heterocycles. The standard InChI is InChI=1S/C17H13NO2S/c19-21(20,17-7-3-4-11-18-17)12-10-14-8-9-15-5-1-2-6-16(15)13-14/h1-13H/b12-10+. The van der Waals surface area contributed by atoms with Crippen molar-refractivity contribution >= 4 is 26.7 Å². The highest BCUT2D eigenvalue weighted by Gasteiger charge is 2.10. The van der Waals surface area contributed by atoms with Crippen LogP contribution < -0.4 is 0 Å². The molecule has 0 bridgehead atoms. The van der Waals surface area contributed by atoms with E-state index in [1.807, 2.05) is 42.5 Å². The van der Waals surface area contributed by atoms with E-state index in [-0.39, 0.29) is 5.03 Å². The molecule has 0 fully saturated rings. The van der Waals surface area contributed by atoms with Crippen LogP contribution >= 0.6 is 0 Å². The van der Waals surface area contributed by atoms with Gasteiger partial charge in [-0.25, -0.2) is 13.4 Å². The lowest BCUT2D eigenvalue weighted by Crippen LogP contribution is -1.98. The number of sulfone groups is 1. The summed E-state index contributed by atoms with van der Waals surface area (Å²) in [4.78, 5) is 3.87. The Labute approximate surface area is 123 Å². The molecule has 0 N–H and O–H groups in total. The van der Waals surface area contributed by atoms with E-state index in [4.69, 9.17) is 0 Å². The van der Waals surface area contributed by atoms with Crippen molar-refractivity contribution < 1.29 is 8.42 Å². The van der Waals surface area contributed by atoms with Crippen LogP contribution in [0, 0.1) is 0 Å². The minimum atomic E-state index is -3.50. The summed E-state index contributed by atoms with van der Waals surface area (Å²) in [6, 6.07) is 18.6. The van der Waals surface area contributed by atoms with Crippen molar-refractivity contribution in [2.45, 2.75) is 5.03 Å². The van der Waals surface area contributed by atoms with Crippen LogP contribution in [0.4, 0.5) is 0 Å². The summed E-state index contributed by atoms with van der Waals surface area (Å²) in [5, 5.41) is 3.46. The van der Waals surface area contributed by atoms with E-state index >= 15 is 0 Å². The van der Waals surface area contributed by atoms with Crippen molar-refractivity contribution in [3.63, 3.8) is 0 Å². The zero-order valence-electron chi connectivity index (χ0n) is 11.2. The first-order valence-corrected chi connectivity index (χ1v) is 8.03. The molecule has 3 nitrogen and oxygen atoms in total. The van der Waals surface area contributed by atoms with Crippen LogP contribution in [0.25, 0.3) is 16.8 Å². The fourth-order valence-electron chi connectivity index (χ4n) is 2.06. The maximum Gasteiger partial charge on any atom is 0.217 e. The van der Waals surface area contributed by atoms with E-state index in [0.717, 1.165) is 16.3 Å². The summed E-state index contributed by atoms with van der Waals surface area (Å²) in [5.74, 6) is 0. The van der Waals surface area contributed by atoms with Gasteiger partial charge >= 0.3 is 0 Å². The average Bonchev–Trinajstić information content (AvgIpc) is 2.54. The third-order valence-corrected chi connectivity index (χ3v) is 4.46. The molecule has 2 aromatic carbocycles. The van der Waals surface area contributed by atoms with E-state index in [0.29, 0.717) is 0 Å². The van der Waals surface area contributed by atoms with Gasteiger partial charge in [0.05, 0.1) is 0 Å². The summed E-state index contributed by atoms with van der Waals surface area (Å²) < 4.78 is 24.2. The van der Waals surface area contributed by atoms with Crippen molar-refractivity contribution in [1.29, 1.82) is 0 Å². The molecule has 0 radical (unpaired) electrons. The van der Waals surface area contributed by atoms with Crippen molar-refractivity contribution in [2.24, 2.45) is 0 Å². The molecule has 0 unspecified atom stereocenters. The lowest BCUT2D eigenvalue weighted by Gasteiger charge is -2.00. The summed E-state index contributed by atoms with van der Waals surface area (Å²) in [5.41, 5.74) is 0.841. The molecule has 21 heavy (non-hydrogen) atoms. The van der Waals surface area contributed by atoms with Gasteiger partial charge in [-0.05, 0) is 40.6 Å². The highest BCUT2D eigenvalue weighted by molar-refractivity contribution is 7.94. The maximum atomic E-state index is 12.1. The average molecular weight is 295 g/mol. The third-order valence-electron chi connectivity index (χ3n) is 3.14. The van der Waals surface area contributed by atoms with Crippen LogP contribution in [0.3, 0.4) is 0 Å². The molecule has 1 aromatic heterocycles. The van der Waals surface area contributed by atoms with Gasteiger partial charge in [-0.1, -0.05) is 42.5 Å². The molecule has 3 aromatic rings. The molecule has 0 atom stereocenters. The fraction of sp³-hybridized carbons (Fsp3) is 0. The zero-order valence-corrected chi connectivity index (χ0v) is 12.0. The Balaban J connectivity index is 1.94. The SMILES string of the molecule is O=S(=O)(/C=C/c1ccc2ccccc2c1)c1ccccn1. The molecule has 0 aliphatic rings. The first kappa shape index (κ1) is 13.5. The number of aromatic nitrogens is 1. The van der Waals surface area contributed by atoms with Crippen molar-refractivity contribution in [2.75, 3.05) is 0 Å². The van der Waals surface area contributed by atoms with Crippen molar-refractivity contribution in [3.8, 4) is 0 Å². The molecule has 0 saturated carbocycles. The molecule has 0 saturated heterocycles. The number of rotatable bonds is 3. The molecule has 3 rings (SSSR count). The third kappa shape index (κ3) is 3.01. The van der Waals surface area contributed by atoms with E-state index in [1.54, 1.807) is 18.2 Å². The van der Waals surface area contributed by atoms with Gasteiger partial charge in [0.15, 0.2) is 5.03 Å². The van der Waals surface area contributed by atoms with Crippen LogP contribution in [0.5, 0.6) is 0 Å². The Morgan fingerprint density at radius 2 is 1.62 bits per heavy atom. The molecule has 0 aliphatic carbocycles. The molecule has 104 valence electrons. The van der Waals surface area contributed by atoms with Crippen molar-refractivity contribution in [3.05, 3.63) is 77.8 Å². The van der Waals surface area contributed by atoms with Crippen LogP contribution in [0.2, 0.25) is 0 Å². The number of nitrogens with zero attached hydrogens (tertiary/aromatic N) is 1. The Bertz CT molecular complexity index is 900. The van der Waals surface area contributed by atoms with Gasteiger partial charge in [-0.2, -0.15) is 0 Å². The smallest absolute Gasteiger partial charge is 0.217 e. The maximum absolute atomic E-state index is 12.1. The largest absolute Gasteiger partial charge is 0.244 e. The van der Waals surface area contributed by atoms with Gasteiger partial charge in [-0.3, -0.25) is 0 Å². The number of benzene rings is 2. The number of hydrogen-bond acceptors (Lipinski definition) is 3.